The number of benzene rings is 1. The predicted octanol–water partition coefficient (Wildman–Crippen LogP) is 0.815. The van der Waals surface area contributed by atoms with Crippen LogP contribution in [0.15, 0.2) is 36.7 Å². The van der Waals surface area contributed by atoms with Crippen molar-refractivity contribution >= 4 is 23.5 Å². The smallest absolute Gasteiger partial charge is 0.356 e. The number of nitrogens with one attached hydrogen (secondary N) is 1. The first-order valence-corrected chi connectivity index (χ1v) is 8.39. The van der Waals surface area contributed by atoms with Crippen LogP contribution in [0.4, 0.5) is 5.69 Å². The Labute approximate surface area is 155 Å². The summed E-state index contributed by atoms with van der Waals surface area (Å²) in [6.07, 6.45) is 2.45. The van der Waals surface area contributed by atoms with E-state index in [0.29, 0.717) is 24.3 Å². The van der Waals surface area contributed by atoms with Crippen molar-refractivity contribution in [2.24, 2.45) is 0 Å². The highest BCUT2D eigenvalue weighted by Gasteiger charge is 2.22. The van der Waals surface area contributed by atoms with Gasteiger partial charge in [0.2, 0.25) is 0 Å². The van der Waals surface area contributed by atoms with Crippen molar-refractivity contribution in [3.63, 3.8) is 0 Å². The minimum atomic E-state index is -1.34. The van der Waals surface area contributed by atoms with Crippen LogP contribution in [0.25, 0.3) is 0 Å². The van der Waals surface area contributed by atoms with Crippen molar-refractivity contribution in [3.05, 3.63) is 53.6 Å². The number of aromatic nitrogens is 2. The number of piperazine rings is 1. The molecule has 140 valence electrons. The van der Waals surface area contributed by atoms with E-state index in [1.54, 1.807) is 29.2 Å². The maximum absolute atomic E-state index is 12.7. The number of anilines is 1. The number of hydrogen-bond acceptors (Lipinski definition) is 6. The summed E-state index contributed by atoms with van der Waals surface area (Å²) in [5.74, 6) is -2.15. The molecule has 0 aliphatic carbocycles. The van der Waals surface area contributed by atoms with E-state index in [1.165, 1.54) is 12.4 Å². The summed E-state index contributed by atoms with van der Waals surface area (Å²) in [4.78, 5) is 47.6. The molecule has 0 atom stereocenters. The van der Waals surface area contributed by atoms with E-state index in [9.17, 15) is 14.4 Å². The summed E-state index contributed by atoms with van der Waals surface area (Å²) < 4.78 is 0. The lowest BCUT2D eigenvalue weighted by atomic mass is 10.1. The molecule has 27 heavy (non-hydrogen) atoms. The first-order chi connectivity index (χ1) is 13.0. The lowest BCUT2D eigenvalue weighted by Gasteiger charge is -2.32. The highest BCUT2D eigenvalue weighted by Crippen LogP contribution is 2.15. The summed E-state index contributed by atoms with van der Waals surface area (Å²) in [6.45, 7) is 2.92. The monoisotopic (exact) mass is 369 g/mol. The molecule has 1 fully saturated rings. The van der Waals surface area contributed by atoms with Crippen molar-refractivity contribution in [2.75, 3.05) is 38.5 Å². The molecule has 1 saturated heterocycles. The number of amides is 2. The Kier molecular flexibility index (Phi) is 5.41. The summed E-state index contributed by atoms with van der Waals surface area (Å²) in [5, 5.41) is 11.7. The maximum atomic E-state index is 12.7. The normalized spacial score (nSPS) is 14.6. The molecule has 2 amide bonds. The van der Waals surface area contributed by atoms with Crippen molar-refractivity contribution < 1.29 is 19.5 Å². The third-order valence-corrected chi connectivity index (χ3v) is 4.27. The van der Waals surface area contributed by atoms with Crippen molar-refractivity contribution in [1.29, 1.82) is 0 Å². The Hall–Kier alpha value is -3.33. The number of nitrogens with zero attached hydrogens (tertiary/aromatic N) is 4. The highest BCUT2D eigenvalue weighted by atomic mass is 16.4. The van der Waals surface area contributed by atoms with Gasteiger partial charge in [-0.1, -0.05) is 6.07 Å². The Morgan fingerprint density at radius 1 is 1.04 bits per heavy atom. The van der Waals surface area contributed by atoms with Crippen LogP contribution in [-0.4, -0.2) is 75.9 Å². The van der Waals surface area contributed by atoms with Gasteiger partial charge in [-0.3, -0.25) is 9.59 Å². The zero-order valence-corrected chi connectivity index (χ0v) is 14.8. The van der Waals surface area contributed by atoms with E-state index in [1.807, 2.05) is 7.05 Å². The van der Waals surface area contributed by atoms with E-state index in [2.05, 4.69) is 20.2 Å². The Morgan fingerprint density at radius 2 is 1.70 bits per heavy atom. The Morgan fingerprint density at radius 3 is 2.37 bits per heavy atom. The minimum absolute atomic E-state index is 0.107. The number of carbonyl (C=O) groups is 3. The highest BCUT2D eigenvalue weighted by molar-refractivity contribution is 6.08. The van der Waals surface area contributed by atoms with E-state index < -0.39 is 17.6 Å². The molecule has 1 aliphatic rings. The summed E-state index contributed by atoms with van der Waals surface area (Å²) in [6, 6.07) is 6.53. The van der Waals surface area contributed by atoms with Gasteiger partial charge < -0.3 is 20.2 Å². The summed E-state index contributed by atoms with van der Waals surface area (Å²) >= 11 is 0. The average molecular weight is 369 g/mol. The van der Waals surface area contributed by atoms with Gasteiger partial charge in [0.25, 0.3) is 11.8 Å². The van der Waals surface area contributed by atoms with Crippen LogP contribution in [0.5, 0.6) is 0 Å². The van der Waals surface area contributed by atoms with Crippen molar-refractivity contribution in [3.8, 4) is 0 Å². The average Bonchev–Trinajstić information content (AvgIpc) is 2.68. The standard InChI is InChI=1S/C18H19N5O4/c1-22-7-9-23(10-8-22)17(25)12-3-2-4-13(11-12)21-16(24)14-15(18(26)27)20-6-5-19-14/h2-6,11H,7-10H2,1H3,(H,21,24)(H,26,27). The number of aromatic carboxylic acids is 1. The number of carboxylic acid groups (broad SMARTS) is 1. The lowest BCUT2D eigenvalue weighted by molar-refractivity contribution is 0.0661. The third-order valence-electron chi connectivity index (χ3n) is 4.27. The second-order valence-electron chi connectivity index (χ2n) is 6.19. The number of hydrogen-bond donors (Lipinski definition) is 2. The van der Waals surface area contributed by atoms with Gasteiger partial charge >= 0.3 is 5.97 Å². The molecule has 0 bridgehead atoms. The summed E-state index contributed by atoms with van der Waals surface area (Å²) in [5.41, 5.74) is 0.109. The van der Waals surface area contributed by atoms with E-state index >= 15 is 0 Å². The number of carbonyl (C=O) groups excluding carboxylic acids is 2. The quantitative estimate of drug-likeness (QED) is 0.819. The molecule has 1 aromatic carbocycles. The molecule has 0 radical (unpaired) electrons. The summed E-state index contributed by atoms with van der Waals surface area (Å²) in [7, 11) is 2.01. The number of likely N-dealkylation sites (N-methyl/N-ethyl adjacent to an activating group) is 1. The number of rotatable bonds is 4. The van der Waals surface area contributed by atoms with E-state index in [-0.39, 0.29) is 11.6 Å². The minimum Gasteiger partial charge on any atom is -0.476 e. The SMILES string of the molecule is CN1CCN(C(=O)c2cccc(NC(=O)c3nccnc3C(=O)O)c2)CC1. The third kappa shape index (κ3) is 4.26. The topological polar surface area (TPSA) is 116 Å². The molecule has 2 N–H and O–H groups in total. The van der Waals surface area contributed by atoms with Gasteiger partial charge in [0.1, 0.15) is 0 Å². The molecule has 3 rings (SSSR count). The molecule has 1 aromatic heterocycles. The molecule has 2 aromatic rings. The molecule has 9 nitrogen and oxygen atoms in total. The first-order valence-electron chi connectivity index (χ1n) is 8.39. The molecule has 1 aliphatic heterocycles. The second kappa shape index (κ2) is 7.92. The van der Waals surface area contributed by atoms with Gasteiger partial charge in [0, 0.05) is 49.8 Å². The van der Waals surface area contributed by atoms with Crippen LogP contribution in [0.2, 0.25) is 0 Å². The van der Waals surface area contributed by atoms with Crippen LogP contribution in [-0.2, 0) is 0 Å². The van der Waals surface area contributed by atoms with Crippen LogP contribution < -0.4 is 5.32 Å². The first kappa shape index (κ1) is 18.5. The van der Waals surface area contributed by atoms with Crippen LogP contribution >= 0.6 is 0 Å². The van der Waals surface area contributed by atoms with E-state index in [4.69, 9.17) is 5.11 Å². The van der Waals surface area contributed by atoms with Gasteiger partial charge in [-0.25, -0.2) is 14.8 Å². The largest absolute Gasteiger partial charge is 0.476 e. The zero-order valence-electron chi connectivity index (χ0n) is 14.8. The molecule has 2 heterocycles. The molecule has 9 heteroatoms. The second-order valence-corrected chi connectivity index (χ2v) is 6.19. The van der Waals surface area contributed by atoms with Crippen LogP contribution in [0.1, 0.15) is 31.3 Å². The van der Waals surface area contributed by atoms with Crippen LogP contribution in [0.3, 0.4) is 0 Å². The molecule has 0 unspecified atom stereocenters. The fourth-order valence-corrected chi connectivity index (χ4v) is 2.77. The molecular formula is C18H19N5O4. The van der Waals surface area contributed by atoms with Gasteiger partial charge in [-0.2, -0.15) is 0 Å². The predicted molar refractivity (Wildman–Crippen MR) is 96.8 cm³/mol. The van der Waals surface area contributed by atoms with Crippen molar-refractivity contribution in [1.82, 2.24) is 19.8 Å². The fraction of sp³-hybridized carbons (Fsp3) is 0.278. The van der Waals surface area contributed by atoms with Gasteiger partial charge in [0.15, 0.2) is 11.4 Å². The zero-order chi connectivity index (χ0) is 19.4. The molecular weight excluding hydrogens is 350 g/mol. The fourth-order valence-electron chi connectivity index (χ4n) is 2.77. The molecule has 0 spiro atoms. The molecule has 0 saturated carbocycles. The van der Waals surface area contributed by atoms with Crippen LogP contribution in [0, 0.1) is 0 Å². The Bertz CT molecular complexity index is 878. The van der Waals surface area contributed by atoms with Gasteiger partial charge in [0.05, 0.1) is 0 Å². The maximum Gasteiger partial charge on any atom is 0.356 e. The Balaban J connectivity index is 1.75. The lowest BCUT2D eigenvalue weighted by Crippen LogP contribution is -2.47. The van der Waals surface area contributed by atoms with Gasteiger partial charge in [-0.15, -0.1) is 0 Å². The van der Waals surface area contributed by atoms with Crippen molar-refractivity contribution in [2.45, 2.75) is 0 Å². The van der Waals surface area contributed by atoms with E-state index in [0.717, 1.165) is 13.1 Å². The number of carboxylic acids is 1. The van der Waals surface area contributed by atoms with Gasteiger partial charge in [-0.05, 0) is 25.2 Å².